The van der Waals surface area contributed by atoms with Gasteiger partial charge < -0.3 is 4.90 Å². The summed E-state index contributed by atoms with van der Waals surface area (Å²) in [5.74, 6) is 0.959. The van der Waals surface area contributed by atoms with E-state index in [0.29, 0.717) is 0 Å². The standard InChI is InChI=1S/C9H19N/c1-4-9-7-8(2)5-6-10(9)3/h8-9H,4-7H2,1-3H3/t8-,9+/m1/s1. The van der Waals surface area contributed by atoms with E-state index in [1.807, 2.05) is 0 Å². The smallest absolute Gasteiger partial charge is 0.00921 e. The van der Waals surface area contributed by atoms with Crippen LogP contribution in [0.2, 0.25) is 0 Å². The zero-order valence-electron chi connectivity index (χ0n) is 7.43. The zero-order chi connectivity index (χ0) is 7.56. The number of hydrogen-bond acceptors (Lipinski definition) is 1. The minimum atomic E-state index is 0.865. The van der Waals surface area contributed by atoms with Gasteiger partial charge in [-0.15, -0.1) is 0 Å². The minimum absolute atomic E-state index is 0.865. The summed E-state index contributed by atoms with van der Waals surface area (Å²) < 4.78 is 0. The van der Waals surface area contributed by atoms with Crippen LogP contribution in [-0.2, 0) is 0 Å². The molecule has 0 unspecified atom stereocenters. The molecule has 0 bridgehead atoms. The number of piperidine rings is 1. The van der Waals surface area contributed by atoms with Crippen LogP contribution >= 0.6 is 0 Å². The largest absolute Gasteiger partial charge is 0.303 e. The Kier molecular flexibility index (Phi) is 2.72. The lowest BCUT2D eigenvalue weighted by atomic mass is 9.92. The number of rotatable bonds is 1. The van der Waals surface area contributed by atoms with E-state index in [1.165, 1.54) is 25.8 Å². The molecule has 1 aliphatic rings. The van der Waals surface area contributed by atoms with Crippen LogP contribution in [0.3, 0.4) is 0 Å². The molecule has 0 spiro atoms. The Labute approximate surface area is 64.4 Å². The molecule has 1 nitrogen and oxygen atoms in total. The lowest BCUT2D eigenvalue weighted by Crippen LogP contribution is -2.38. The van der Waals surface area contributed by atoms with Gasteiger partial charge in [0.2, 0.25) is 0 Å². The lowest BCUT2D eigenvalue weighted by molar-refractivity contribution is 0.145. The summed E-state index contributed by atoms with van der Waals surface area (Å²) in [6, 6.07) is 0.865. The molecule has 1 aliphatic heterocycles. The Morgan fingerprint density at radius 1 is 1.50 bits per heavy atom. The summed E-state index contributed by atoms with van der Waals surface area (Å²) in [4.78, 5) is 2.50. The highest BCUT2D eigenvalue weighted by Crippen LogP contribution is 2.22. The Morgan fingerprint density at radius 3 is 2.70 bits per heavy atom. The van der Waals surface area contributed by atoms with Gasteiger partial charge in [0.05, 0.1) is 0 Å². The van der Waals surface area contributed by atoms with Gasteiger partial charge in [-0.2, -0.15) is 0 Å². The average molecular weight is 141 g/mol. The van der Waals surface area contributed by atoms with Crippen LogP contribution in [-0.4, -0.2) is 24.5 Å². The summed E-state index contributed by atoms with van der Waals surface area (Å²) in [5, 5.41) is 0. The van der Waals surface area contributed by atoms with Gasteiger partial charge in [-0.3, -0.25) is 0 Å². The van der Waals surface area contributed by atoms with Crippen molar-refractivity contribution < 1.29 is 0 Å². The summed E-state index contributed by atoms with van der Waals surface area (Å²) >= 11 is 0. The SMILES string of the molecule is CC[C@H]1C[C@H](C)CCN1C. The molecule has 1 rings (SSSR count). The second kappa shape index (κ2) is 3.38. The van der Waals surface area contributed by atoms with Crippen LogP contribution in [0.1, 0.15) is 33.1 Å². The lowest BCUT2D eigenvalue weighted by Gasteiger charge is -2.35. The monoisotopic (exact) mass is 141 g/mol. The normalized spacial score (nSPS) is 36.3. The Balaban J connectivity index is 2.38. The molecule has 0 amide bonds. The van der Waals surface area contributed by atoms with E-state index in [0.717, 1.165) is 12.0 Å². The first-order chi connectivity index (χ1) is 4.74. The quantitative estimate of drug-likeness (QED) is 0.540. The Morgan fingerprint density at radius 2 is 2.20 bits per heavy atom. The molecule has 10 heavy (non-hydrogen) atoms. The van der Waals surface area contributed by atoms with Gasteiger partial charge >= 0.3 is 0 Å². The van der Waals surface area contributed by atoms with Crippen molar-refractivity contribution in [3.63, 3.8) is 0 Å². The number of likely N-dealkylation sites (tertiary alicyclic amines) is 1. The van der Waals surface area contributed by atoms with E-state index in [-0.39, 0.29) is 0 Å². The van der Waals surface area contributed by atoms with E-state index >= 15 is 0 Å². The fourth-order valence-corrected chi connectivity index (χ4v) is 1.85. The third kappa shape index (κ3) is 1.72. The van der Waals surface area contributed by atoms with E-state index in [1.54, 1.807) is 0 Å². The van der Waals surface area contributed by atoms with Crippen molar-refractivity contribution in [3.8, 4) is 0 Å². The number of hydrogen-bond donors (Lipinski definition) is 0. The van der Waals surface area contributed by atoms with Crippen molar-refractivity contribution in [3.05, 3.63) is 0 Å². The average Bonchev–Trinajstić information content (AvgIpc) is 1.94. The van der Waals surface area contributed by atoms with Gasteiger partial charge in [0, 0.05) is 6.04 Å². The molecule has 0 aliphatic carbocycles. The molecule has 0 aromatic rings. The van der Waals surface area contributed by atoms with Gasteiger partial charge in [-0.25, -0.2) is 0 Å². The Hall–Kier alpha value is -0.0400. The first-order valence-corrected chi connectivity index (χ1v) is 4.44. The molecule has 2 atom stereocenters. The van der Waals surface area contributed by atoms with Crippen molar-refractivity contribution in [2.24, 2.45) is 5.92 Å². The van der Waals surface area contributed by atoms with Gasteiger partial charge in [0.25, 0.3) is 0 Å². The predicted octanol–water partition coefficient (Wildman–Crippen LogP) is 2.13. The maximum atomic E-state index is 2.50. The van der Waals surface area contributed by atoms with Gasteiger partial charge in [-0.1, -0.05) is 13.8 Å². The third-order valence-electron chi connectivity index (χ3n) is 2.74. The summed E-state index contributed by atoms with van der Waals surface area (Å²) in [7, 11) is 2.25. The van der Waals surface area contributed by atoms with E-state index in [9.17, 15) is 0 Å². The predicted molar refractivity (Wildman–Crippen MR) is 45.1 cm³/mol. The van der Waals surface area contributed by atoms with Crippen molar-refractivity contribution in [2.75, 3.05) is 13.6 Å². The van der Waals surface area contributed by atoms with Crippen LogP contribution < -0.4 is 0 Å². The van der Waals surface area contributed by atoms with E-state index < -0.39 is 0 Å². The first kappa shape index (κ1) is 8.06. The number of nitrogens with zero attached hydrogens (tertiary/aromatic N) is 1. The maximum Gasteiger partial charge on any atom is 0.00921 e. The molecular weight excluding hydrogens is 122 g/mol. The van der Waals surface area contributed by atoms with Crippen LogP contribution in [0, 0.1) is 5.92 Å². The van der Waals surface area contributed by atoms with Crippen LogP contribution in [0.4, 0.5) is 0 Å². The molecule has 1 saturated heterocycles. The van der Waals surface area contributed by atoms with Crippen molar-refractivity contribution in [1.29, 1.82) is 0 Å². The highest BCUT2D eigenvalue weighted by molar-refractivity contribution is 4.76. The zero-order valence-corrected chi connectivity index (χ0v) is 7.43. The van der Waals surface area contributed by atoms with Crippen molar-refractivity contribution in [1.82, 2.24) is 4.90 Å². The topological polar surface area (TPSA) is 3.24 Å². The molecule has 1 heterocycles. The summed E-state index contributed by atoms with van der Waals surface area (Å²) in [6.07, 6.45) is 4.13. The molecule has 0 radical (unpaired) electrons. The van der Waals surface area contributed by atoms with Crippen LogP contribution in [0.5, 0.6) is 0 Å². The van der Waals surface area contributed by atoms with E-state index in [2.05, 4.69) is 25.8 Å². The van der Waals surface area contributed by atoms with Crippen molar-refractivity contribution >= 4 is 0 Å². The van der Waals surface area contributed by atoms with E-state index in [4.69, 9.17) is 0 Å². The highest BCUT2D eigenvalue weighted by Gasteiger charge is 2.21. The third-order valence-corrected chi connectivity index (χ3v) is 2.74. The fourth-order valence-electron chi connectivity index (χ4n) is 1.85. The molecular formula is C9H19N. The second-order valence-electron chi connectivity index (χ2n) is 3.67. The first-order valence-electron chi connectivity index (χ1n) is 4.44. The fraction of sp³-hybridized carbons (Fsp3) is 1.00. The van der Waals surface area contributed by atoms with Crippen LogP contribution in [0.25, 0.3) is 0 Å². The molecule has 60 valence electrons. The highest BCUT2D eigenvalue weighted by atomic mass is 15.1. The molecule has 0 saturated carbocycles. The molecule has 0 aromatic carbocycles. The molecule has 0 N–H and O–H groups in total. The second-order valence-corrected chi connectivity index (χ2v) is 3.67. The van der Waals surface area contributed by atoms with Gasteiger partial charge in [0.1, 0.15) is 0 Å². The molecule has 1 fully saturated rings. The van der Waals surface area contributed by atoms with Gasteiger partial charge in [-0.05, 0) is 38.8 Å². The maximum absolute atomic E-state index is 2.50. The van der Waals surface area contributed by atoms with Gasteiger partial charge in [0.15, 0.2) is 0 Å². The van der Waals surface area contributed by atoms with Crippen LogP contribution in [0.15, 0.2) is 0 Å². The minimum Gasteiger partial charge on any atom is -0.303 e. The summed E-state index contributed by atoms with van der Waals surface area (Å²) in [6.45, 7) is 5.97. The summed E-state index contributed by atoms with van der Waals surface area (Å²) in [5.41, 5.74) is 0. The van der Waals surface area contributed by atoms with Crippen molar-refractivity contribution in [2.45, 2.75) is 39.2 Å². The molecule has 0 aromatic heterocycles. The Bertz CT molecular complexity index is 101. The molecule has 1 heteroatoms.